The van der Waals surface area contributed by atoms with Crippen molar-refractivity contribution < 1.29 is 18.9 Å². The molecule has 0 radical (unpaired) electrons. The molecule has 3 aliphatic rings. The average molecular weight is 406 g/mol. The van der Waals surface area contributed by atoms with Crippen molar-refractivity contribution in [3.63, 3.8) is 0 Å². The van der Waals surface area contributed by atoms with Gasteiger partial charge in [-0.25, -0.2) is 4.99 Å². The lowest BCUT2D eigenvalue weighted by Crippen LogP contribution is -2.24. The Hall–Kier alpha value is -2.51. The molecule has 2 heterocycles. The van der Waals surface area contributed by atoms with E-state index < -0.39 is 0 Å². The number of hydrogen-bond acceptors (Lipinski definition) is 6. The average Bonchev–Trinajstić information content (AvgIpc) is 3.20. The normalized spacial score (nSPS) is 22.2. The number of aliphatic imine (C=N–C) groups is 2. The summed E-state index contributed by atoms with van der Waals surface area (Å²) in [6.07, 6.45) is 11.7. The quantitative estimate of drug-likeness (QED) is 0.494. The van der Waals surface area contributed by atoms with Gasteiger partial charge in [0.05, 0.1) is 18.9 Å². The molecule has 0 amide bonds. The van der Waals surface area contributed by atoms with Crippen LogP contribution in [0.3, 0.4) is 0 Å². The lowest BCUT2D eigenvalue weighted by Gasteiger charge is -2.25. The van der Waals surface area contributed by atoms with Gasteiger partial charge in [-0.05, 0) is 18.2 Å². The highest BCUT2D eigenvalue weighted by atomic mass is 35.5. The van der Waals surface area contributed by atoms with Crippen LogP contribution < -0.4 is 5.32 Å². The van der Waals surface area contributed by atoms with Crippen molar-refractivity contribution in [2.45, 2.75) is 25.4 Å². The van der Waals surface area contributed by atoms with Crippen molar-refractivity contribution in [3.8, 4) is 0 Å². The number of hydrogen-bond donors (Lipinski definition) is 1. The van der Waals surface area contributed by atoms with Crippen LogP contribution in [0.1, 0.15) is 19.3 Å². The first-order valence-corrected chi connectivity index (χ1v) is 9.57. The Bertz CT molecular complexity index is 747. The summed E-state index contributed by atoms with van der Waals surface area (Å²) >= 11 is 5.86. The Morgan fingerprint density at radius 1 is 1.36 bits per heavy atom. The Labute approximate surface area is 169 Å². The zero-order valence-corrected chi connectivity index (χ0v) is 16.4. The fraction of sp³-hybridized carbons (Fsp3) is 0.400. The van der Waals surface area contributed by atoms with Gasteiger partial charge in [-0.2, -0.15) is 0 Å². The van der Waals surface area contributed by atoms with Crippen molar-refractivity contribution in [3.05, 3.63) is 59.4 Å². The van der Waals surface area contributed by atoms with Crippen LogP contribution >= 0.6 is 11.6 Å². The summed E-state index contributed by atoms with van der Waals surface area (Å²) in [5, 5.41) is 3.06. The highest BCUT2D eigenvalue weighted by Gasteiger charge is 2.19. The summed E-state index contributed by atoms with van der Waals surface area (Å²) in [5.74, 6) is 1.98. The molecule has 0 unspecified atom stereocenters. The predicted octanol–water partition coefficient (Wildman–Crippen LogP) is 3.52. The molecule has 0 saturated carbocycles. The van der Waals surface area contributed by atoms with E-state index in [-0.39, 0.29) is 19.6 Å². The van der Waals surface area contributed by atoms with Crippen molar-refractivity contribution in [1.29, 1.82) is 0 Å². The van der Waals surface area contributed by atoms with Crippen molar-refractivity contribution in [2.75, 3.05) is 26.7 Å². The van der Waals surface area contributed by atoms with Gasteiger partial charge in [-0.1, -0.05) is 24.3 Å². The number of ether oxygens (including phenoxy) is 4. The van der Waals surface area contributed by atoms with Gasteiger partial charge in [0.2, 0.25) is 6.79 Å². The van der Waals surface area contributed by atoms with Gasteiger partial charge in [-0.3, -0.25) is 4.99 Å². The minimum Gasteiger partial charge on any atom is -0.494 e. The molecule has 0 aromatic rings. The number of allylic oxidation sites excluding steroid dienone is 5. The Morgan fingerprint density at radius 3 is 3.00 bits per heavy atom. The van der Waals surface area contributed by atoms with Gasteiger partial charge < -0.3 is 24.3 Å². The summed E-state index contributed by atoms with van der Waals surface area (Å²) in [7, 11) is 0. The molecule has 7 nitrogen and oxygen atoms in total. The van der Waals surface area contributed by atoms with E-state index in [9.17, 15) is 0 Å². The van der Waals surface area contributed by atoms with E-state index >= 15 is 0 Å². The standard InChI is InChI=1S/C20H24ClN3O4/c1-2-19-20(27-14-26-19)18(11-21)24-13-22-12-23-15-4-3-5-17(10-15)28-16-6-8-25-9-7-16/h2-5,11-12,16,24H,1,6-10,13-14H2/b18-11-,22-12-,23-15?. The fourth-order valence-corrected chi connectivity index (χ4v) is 3.02. The van der Waals surface area contributed by atoms with Gasteiger partial charge in [0.15, 0.2) is 11.5 Å². The molecule has 0 atom stereocenters. The van der Waals surface area contributed by atoms with E-state index in [2.05, 4.69) is 21.9 Å². The molecule has 3 rings (SSSR count). The third-order valence-corrected chi connectivity index (χ3v) is 4.48. The van der Waals surface area contributed by atoms with Crippen LogP contribution in [0.15, 0.2) is 69.4 Å². The van der Waals surface area contributed by atoms with E-state index in [1.807, 2.05) is 18.2 Å². The van der Waals surface area contributed by atoms with E-state index in [0.717, 1.165) is 37.5 Å². The van der Waals surface area contributed by atoms with E-state index in [1.165, 1.54) is 11.9 Å². The van der Waals surface area contributed by atoms with Crippen LogP contribution in [-0.4, -0.2) is 44.8 Å². The number of nitrogens with one attached hydrogen (secondary N) is 1. The van der Waals surface area contributed by atoms with Gasteiger partial charge in [0.1, 0.15) is 24.9 Å². The monoisotopic (exact) mass is 405 g/mol. The van der Waals surface area contributed by atoms with Crippen LogP contribution in [0.2, 0.25) is 0 Å². The first-order valence-electron chi connectivity index (χ1n) is 9.13. The fourth-order valence-electron chi connectivity index (χ4n) is 2.85. The van der Waals surface area contributed by atoms with E-state index in [1.54, 1.807) is 6.08 Å². The van der Waals surface area contributed by atoms with Gasteiger partial charge in [-0.15, -0.1) is 0 Å². The predicted molar refractivity (Wildman–Crippen MR) is 109 cm³/mol. The SMILES string of the molecule is C=CC1=C(/C(=C/Cl)NC/N=C\N=C2C=CC=C(OC3CCOCC3)C2)OCO1. The maximum absolute atomic E-state index is 6.04. The third kappa shape index (κ3) is 5.74. The van der Waals surface area contributed by atoms with Crippen LogP contribution in [0.5, 0.6) is 0 Å². The second-order valence-corrected chi connectivity index (χ2v) is 6.40. The second kappa shape index (κ2) is 10.7. The van der Waals surface area contributed by atoms with Gasteiger partial charge >= 0.3 is 0 Å². The Morgan fingerprint density at radius 2 is 2.21 bits per heavy atom. The lowest BCUT2D eigenvalue weighted by molar-refractivity contribution is -0.00454. The van der Waals surface area contributed by atoms with Crippen molar-refractivity contribution in [1.82, 2.24) is 5.32 Å². The molecule has 8 heteroatoms. The Kier molecular flexibility index (Phi) is 7.75. The minimum absolute atomic E-state index is 0.141. The molecular weight excluding hydrogens is 382 g/mol. The number of rotatable bonds is 8. The highest BCUT2D eigenvalue weighted by molar-refractivity contribution is 6.25. The third-order valence-electron chi connectivity index (χ3n) is 4.26. The molecule has 0 bridgehead atoms. The van der Waals surface area contributed by atoms with Crippen LogP contribution in [0, 0.1) is 0 Å². The highest BCUT2D eigenvalue weighted by Crippen LogP contribution is 2.23. The molecule has 0 aromatic carbocycles. The topological polar surface area (TPSA) is 73.7 Å². The molecule has 2 aliphatic heterocycles. The summed E-state index contributed by atoms with van der Waals surface area (Å²) in [6, 6.07) is 0. The lowest BCUT2D eigenvalue weighted by atomic mass is 10.1. The second-order valence-electron chi connectivity index (χ2n) is 6.18. The maximum Gasteiger partial charge on any atom is 0.231 e. The molecule has 1 saturated heterocycles. The molecule has 150 valence electrons. The van der Waals surface area contributed by atoms with Crippen LogP contribution in [-0.2, 0) is 18.9 Å². The molecule has 1 fully saturated rings. The van der Waals surface area contributed by atoms with Crippen molar-refractivity contribution >= 4 is 23.7 Å². The molecule has 28 heavy (non-hydrogen) atoms. The molecule has 0 spiro atoms. The van der Waals surface area contributed by atoms with Gasteiger partial charge in [0.25, 0.3) is 0 Å². The summed E-state index contributed by atoms with van der Waals surface area (Å²) in [5.41, 5.74) is 2.85. The smallest absolute Gasteiger partial charge is 0.231 e. The largest absolute Gasteiger partial charge is 0.494 e. The van der Waals surface area contributed by atoms with Crippen molar-refractivity contribution in [2.24, 2.45) is 9.98 Å². The van der Waals surface area contributed by atoms with Crippen LogP contribution in [0.25, 0.3) is 0 Å². The van der Waals surface area contributed by atoms with E-state index in [4.69, 9.17) is 30.5 Å². The van der Waals surface area contributed by atoms with Gasteiger partial charge in [0, 0.05) is 30.5 Å². The summed E-state index contributed by atoms with van der Waals surface area (Å²) < 4.78 is 22.1. The number of nitrogens with zero attached hydrogens (tertiary/aromatic N) is 2. The molecule has 1 N–H and O–H groups in total. The molecular formula is C20H24ClN3O4. The Balaban J connectivity index is 1.46. The molecule has 1 aliphatic carbocycles. The zero-order chi connectivity index (χ0) is 19.6. The van der Waals surface area contributed by atoms with E-state index in [0.29, 0.717) is 23.6 Å². The number of halogens is 1. The maximum atomic E-state index is 6.04. The van der Waals surface area contributed by atoms with Crippen LogP contribution in [0.4, 0.5) is 0 Å². The first kappa shape index (κ1) is 20.2. The summed E-state index contributed by atoms with van der Waals surface area (Å²) in [4.78, 5) is 8.63. The zero-order valence-electron chi connectivity index (χ0n) is 15.6. The summed E-state index contributed by atoms with van der Waals surface area (Å²) in [6.45, 7) is 5.63. The molecule has 0 aromatic heterocycles. The minimum atomic E-state index is 0.141. The first-order chi connectivity index (χ1) is 13.8.